The molecule has 1 aromatic carbocycles. The lowest BCUT2D eigenvalue weighted by Gasteiger charge is -2.35. The van der Waals surface area contributed by atoms with Crippen molar-refractivity contribution in [3.8, 4) is 11.5 Å². The van der Waals surface area contributed by atoms with Crippen LogP contribution in [0.2, 0.25) is 5.02 Å². The van der Waals surface area contributed by atoms with E-state index in [0.717, 1.165) is 0 Å². The molecule has 1 heterocycles. The van der Waals surface area contributed by atoms with Crippen molar-refractivity contribution in [1.29, 1.82) is 0 Å². The van der Waals surface area contributed by atoms with Crippen LogP contribution < -0.4 is 9.47 Å². The number of amides is 1. The van der Waals surface area contributed by atoms with Crippen molar-refractivity contribution >= 4 is 23.5 Å². The molecule has 8 heteroatoms. The lowest BCUT2D eigenvalue weighted by molar-refractivity contribution is -0.146. The molecule has 0 unspecified atom stereocenters. The maximum absolute atomic E-state index is 12.3. The third-order valence-corrected chi connectivity index (χ3v) is 4.20. The number of esters is 1. The molecule has 1 fully saturated rings. The van der Waals surface area contributed by atoms with Gasteiger partial charge in [-0.25, -0.2) is 4.79 Å². The van der Waals surface area contributed by atoms with E-state index < -0.39 is 5.97 Å². The molecule has 1 aliphatic rings. The van der Waals surface area contributed by atoms with E-state index in [1.54, 1.807) is 4.90 Å². The standard InChI is InChI=1S/C19H26ClNO6/c1-11(2)26-18-15(20)6-14(7-16(18)24-5)19(23)25-10-17(22)21-8-12(3)27-13(4)9-21/h6-7,11-13H,8-10H2,1-5H3/t12-,13-/m1/s1. The van der Waals surface area contributed by atoms with Gasteiger partial charge in [-0.3, -0.25) is 4.79 Å². The fraction of sp³-hybridized carbons (Fsp3) is 0.579. The van der Waals surface area contributed by atoms with Gasteiger partial charge in [0.25, 0.3) is 5.91 Å². The van der Waals surface area contributed by atoms with Crippen LogP contribution in [0.25, 0.3) is 0 Å². The monoisotopic (exact) mass is 399 g/mol. The van der Waals surface area contributed by atoms with Crippen LogP contribution in [0.4, 0.5) is 0 Å². The molecular formula is C19H26ClNO6. The molecule has 0 N–H and O–H groups in total. The van der Waals surface area contributed by atoms with Gasteiger partial charge < -0.3 is 23.8 Å². The van der Waals surface area contributed by atoms with E-state index in [9.17, 15) is 9.59 Å². The summed E-state index contributed by atoms with van der Waals surface area (Å²) in [5.41, 5.74) is 0.185. The molecule has 1 amide bonds. The highest BCUT2D eigenvalue weighted by molar-refractivity contribution is 6.32. The van der Waals surface area contributed by atoms with Gasteiger partial charge >= 0.3 is 5.97 Å². The highest BCUT2D eigenvalue weighted by Crippen LogP contribution is 2.37. The number of halogens is 1. The van der Waals surface area contributed by atoms with Gasteiger partial charge in [0.05, 0.1) is 36.0 Å². The van der Waals surface area contributed by atoms with E-state index >= 15 is 0 Å². The van der Waals surface area contributed by atoms with Gasteiger partial charge in [0, 0.05) is 13.1 Å². The van der Waals surface area contributed by atoms with Crippen molar-refractivity contribution in [2.45, 2.75) is 46.0 Å². The lowest BCUT2D eigenvalue weighted by Crippen LogP contribution is -2.49. The fourth-order valence-corrected chi connectivity index (χ4v) is 3.13. The Kier molecular flexibility index (Phi) is 7.33. The molecule has 0 saturated carbocycles. The third kappa shape index (κ3) is 5.74. The molecule has 0 aliphatic carbocycles. The number of morpholine rings is 1. The van der Waals surface area contributed by atoms with Crippen molar-refractivity contribution in [2.75, 3.05) is 26.8 Å². The van der Waals surface area contributed by atoms with Crippen LogP contribution in [0.3, 0.4) is 0 Å². The Hall–Kier alpha value is -1.99. The molecule has 0 radical (unpaired) electrons. The minimum absolute atomic E-state index is 0.0510. The summed E-state index contributed by atoms with van der Waals surface area (Å²) in [7, 11) is 1.46. The first-order valence-electron chi connectivity index (χ1n) is 8.85. The number of carbonyl (C=O) groups excluding carboxylic acids is 2. The summed E-state index contributed by atoms with van der Waals surface area (Å²) < 4.78 is 21.6. The van der Waals surface area contributed by atoms with Gasteiger partial charge in [-0.2, -0.15) is 0 Å². The maximum Gasteiger partial charge on any atom is 0.338 e. The fourth-order valence-electron chi connectivity index (χ4n) is 2.87. The Morgan fingerprint density at radius 2 is 1.89 bits per heavy atom. The Bertz CT molecular complexity index is 683. The first kappa shape index (κ1) is 21.3. The average molecular weight is 400 g/mol. The number of carbonyl (C=O) groups is 2. The number of ether oxygens (including phenoxy) is 4. The molecule has 1 aromatic rings. The molecule has 27 heavy (non-hydrogen) atoms. The Balaban J connectivity index is 2.03. The summed E-state index contributed by atoms with van der Waals surface area (Å²) in [5.74, 6) is -0.236. The minimum atomic E-state index is -0.658. The molecule has 0 aromatic heterocycles. The summed E-state index contributed by atoms with van der Waals surface area (Å²) in [5, 5.41) is 0.233. The lowest BCUT2D eigenvalue weighted by atomic mass is 10.2. The normalized spacial score (nSPS) is 19.7. The van der Waals surface area contributed by atoms with E-state index in [-0.39, 0.29) is 41.4 Å². The second-order valence-corrected chi connectivity index (χ2v) is 7.20. The van der Waals surface area contributed by atoms with E-state index in [4.69, 9.17) is 30.5 Å². The van der Waals surface area contributed by atoms with Crippen molar-refractivity contribution in [3.63, 3.8) is 0 Å². The molecule has 7 nitrogen and oxygen atoms in total. The van der Waals surface area contributed by atoms with E-state index in [1.807, 2.05) is 27.7 Å². The van der Waals surface area contributed by atoms with Crippen LogP contribution >= 0.6 is 11.6 Å². The SMILES string of the molecule is COc1cc(C(=O)OCC(=O)N2C[C@@H](C)O[C@H](C)C2)cc(Cl)c1OC(C)C. The Morgan fingerprint density at radius 1 is 1.26 bits per heavy atom. The van der Waals surface area contributed by atoms with E-state index in [2.05, 4.69) is 0 Å². The van der Waals surface area contributed by atoms with Gasteiger partial charge in [-0.1, -0.05) is 11.6 Å². The number of rotatable bonds is 6. The van der Waals surface area contributed by atoms with Crippen LogP contribution in [-0.4, -0.2) is 61.9 Å². The Labute approximate surface area is 164 Å². The van der Waals surface area contributed by atoms with Gasteiger partial charge in [0.2, 0.25) is 0 Å². The summed E-state index contributed by atoms with van der Waals surface area (Å²) in [6.45, 7) is 8.12. The first-order valence-corrected chi connectivity index (χ1v) is 9.23. The summed E-state index contributed by atoms with van der Waals surface area (Å²) in [6.07, 6.45) is -0.208. The molecule has 2 atom stereocenters. The zero-order chi connectivity index (χ0) is 20.1. The molecule has 150 valence electrons. The molecule has 0 spiro atoms. The predicted molar refractivity (Wildman–Crippen MR) is 101 cm³/mol. The molecule has 2 rings (SSSR count). The number of benzene rings is 1. The van der Waals surface area contributed by atoms with Crippen LogP contribution in [0.5, 0.6) is 11.5 Å². The summed E-state index contributed by atoms with van der Waals surface area (Å²) >= 11 is 6.22. The van der Waals surface area contributed by atoms with Crippen LogP contribution in [0, 0.1) is 0 Å². The van der Waals surface area contributed by atoms with Gasteiger partial charge in [-0.15, -0.1) is 0 Å². The smallest absolute Gasteiger partial charge is 0.338 e. The van der Waals surface area contributed by atoms with Crippen molar-refractivity contribution in [2.24, 2.45) is 0 Å². The van der Waals surface area contributed by atoms with Crippen LogP contribution in [0.1, 0.15) is 38.1 Å². The second-order valence-electron chi connectivity index (χ2n) is 6.79. The quantitative estimate of drug-likeness (QED) is 0.685. The molecular weight excluding hydrogens is 374 g/mol. The highest BCUT2D eigenvalue weighted by atomic mass is 35.5. The number of hydrogen-bond acceptors (Lipinski definition) is 6. The zero-order valence-corrected chi connectivity index (χ0v) is 17.0. The average Bonchev–Trinajstić information content (AvgIpc) is 2.59. The predicted octanol–water partition coefficient (Wildman–Crippen LogP) is 2.93. The number of hydrogen-bond donors (Lipinski definition) is 0. The zero-order valence-electron chi connectivity index (χ0n) is 16.3. The van der Waals surface area contributed by atoms with E-state index in [0.29, 0.717) is 24.6 Å². The third-order valence-electron chi connectivity index (χ3n) is 3.92. The van der Waals surface area contributed by atoms with Gasteiger partial charge in [0.1, 0.15) is 0 Å². The highest BCUT2D eigenvalue weighted by Gasteiger charge is 2.27. The molecule has 0 bridgehead atoms. The van der Waals surface area contributed by atoms with Gasteiger partial charge in [0.15, 0.2) is 18.1 Å². The summed E-state index contributed by atoms with van der Waals surface area (Å²) in [4.78, 5) is 26.3. The van der Waals surface area contributed by atoms with Crippen LogP contribution in [-0.2, 0) is 14.3 Å². The van der Waals surface area contributed by atoms with Crippen LogP contribution in [0.15, 0.2) is 12.1 Å². The van der Waals surface area contributed by atoms with Crippen molar-refractivity contribution in [1.82, 2.24) is 4.90 Å². The largest absolute Gasteiger partial charge is 0.493 e. The Morgan fingerprint density at radius 3 is 2.44 bits per heavy atom. The topological polar surface area (TPSA) is 74.3 Å². The molecule has 1 aliphatic heterocycles. The van der Waals surface area contributed by atoms with E-state index in [1.165, 1.54) is 19.2 Å². The number of methoxy groups -OCH3 is 1. The summed E-state index contributed by atoms with van der Waals surface area (Å²) in [6, 6.07) is 2.92. The van der Waals surface area contributed by atoms with Crippen molar-refractivity contribution < 1.29 is 28.5 Å². The number of nitrogens with zero attached hydrogens (tertiary/aromatic N) is 1. The maximum atomic E-state index is 12.3. The minimum Gasteiger partial charge on any atom is -0.493 e. The second kappa shape index (κ2) is 9.28. The molecule has 1 saturated heterocycles. The van der Waals surface area contributed by atoms with Crippen molar-refractivity contribution in [3.05, 3.63) is 22.7 Å². The van der Waals surface area contributed by atoms with Gasteiger partial charge in [-0.05, 0) is 39.8 Å². The first-order chi connectivity index (χ1) is 12.7.